The first-order valence-electron chi connectivity index (χ1n) is 5.23. The van der Waals surface area contributed by atoms with Crippen molar-refractivity contribution in [2.45, 2.75) is 26.8 Å². The average molecular weight is 320 g/mol. The summed E-state index contributed by atoms with van der Waals surface area (Å²) in [5.41, 5.74) is 6.22. The zero-order chi connectivity index (χ0) is 13.2. The van der Waals surface area contributed by atoms with Crippen molar-refractivity contribution in [1.82, 2.24) is 0 Å². The second-order valence-electron chi connectivity index (χ2n) is 4.96. The first-order valence-corrected chi connectivity index (χ1v) is 6.40. The standard InChI is InChI=1S/C12H16BrClN2O/c1-12(2,3)10(15)11(17)16-7-4-5-8(13)9(14)6-7/h4-6,10H,15H2,1-3H3,(H,16,17)/t10-/m1/s1. The van der Waals surface area contributed by atoms with Gasteiger partial charge in [-0.2, -0.15) is 0 Å². The summed E-state index contributed by atoms with van der Waals surface area (Å²) in [6.45, 7) is 5.77. The van der Waals surface area contributed by atoms with Crippen molar-refractivity contribution in [3.8, 4) is 0 Å². The van der Waals surface area contributed by atoms with Crippen molar-refractivity contribution in [2.75, 3.05) is 5.32 Å². The van der Waals surface area contributed by atoms with Gasteiger partial charge >= 0.3 is 0 Å². The molecule has 17 heavy (non-hydrogen) atoms. The molecule has 1 aromatic carbocycles. The highest BCUT2D eigenvalue weighted by atomic mass is 79.9. The summed E-state index contributed by atoms with van der Waals surface area (Å²) in [5, 5.41) is 3.30. The van der Waals surface area contributed by atoms with Gasteiger partial charge in [-0.05, 0) is 39.5 Å². The van der Waals surface area contributed by atoms with Gasteiger partial charge in [-0.1, -0.05) is 32.4 Å². The maximum atomic E-state index is 11.9. The molecular formula is C12H16BrClN2O. The van der Waals surface area contributed by atoms with Crippen LogP contribution in [0.5, 0.6) is 0 Å². The Morgan fingerprint density at radius 1 is 1.47 bits per heavy atom. The number of anilines is 1. The van der Waals surface area contributed by atoms with E-state index in [4.69, 9.17) is 17.3 Å². The van der Waals surface area contributed by atoms with Gasteiger partial charge in [0.15, 0.2) is 0 Å². The molecule has 1 aromatic rings. The Kier molecular flexibility index (Phi) is 4.58. The van der Waals surface area contributed by atoms with Crippen LogP contribution in [0, 0.1) is 5.41 Å². The second-order valence-corrected chi connectivity index (χ2v) is 6.22. The van der Waals surface area contributed by atoms with Gasteiger partial charge in [0, 0.05) is 10.2 Å². The molecule has 0 fully saturated rings. The monoisotopic (exact) mass is 318 g/mol. The Balaban J connectivity index is 2.78. The molecule has 0 saturated heterocycles. The summed E-state index contributed by atoms with van der Waals surface area (Å²) < 4.78 is 0.789. The molecule has 1 amide bonds. The smallest absolute Gasteiger partial charge is 0.241 e. The maximum Gasteiger partial charge on any atom is 0.241 e. The zero-order valence-electron chi connectivity index (χ0n) is 10.1. The number of hydrogen-bond acceptors (Lipinski definition) is 2. The van der Waals surface area contributed by atoms with Gasteiger partial charge in [0.2, 0.25) is 5.91 Å². The Morgan fingerprint density at radius 3 is 2.53 bits per heavy atom. The molecule has 0 saturated carbocycles. The number of benzene rings is 1. The number of rotatable bonds is 2. The summed E-state index contributed by atoms with van der Waals surface area (Å²) in [6, 6.07) is 4.66. The molecule has 0 heterocycles. The van der Waals surface area contributed by atoms with Gasteiger partial charge in [0.25, 0.3) is 0 Å². The van der Waals surface area contributed by atoms with Crippen molar-refractivity contribution in [1.29, 1.82) is 0 Å². The van der Waals surface area contributed by atoms with Crippen molar-refractivity contribution in [3.63, 3.8) is 0 Å². The summed E-state index contributed by atoms with van der Waals surface area (Å²) in [6.07, 6.45) is 0. The predicted molar refractivity (Wildman–Crippen MR) is 75.2 cm³/mol. The van der Waals surface area contributed by atoms with E-state index in [0.717, 1.165) is 4.47 Å². The Bertz CT molecular complexity index is 429. The lowest BCUT2D eigenvalue weighted by atomic mass is 9.87. The largest absolute Gasteiger partial charge is 0.325 e. The van der Waals surface area contributed by atoms with E-state index < -0.39 is 6.04 Å². The van der Waals surface area contributed by atoms with Crippen molar-refractivity contribution in [3.05, 3.63) is 27.7 Å². The maximum absolute atomic E-state index is 11.9. The number of nitrogens with one attached hydrogen (secondary N) is 1. The van der Waals surface area contributed by atoms with Gasteiger partial charge < -0.3 is 11.1 Å². The normalized spacial score (nSPS) is 13.3. The van der Waals surface area contributed by atoms with Crippen molar-refractivity contribution < 1.29 is 4.79 Å². The molecule has 0 aliphatic carbocycles. The fraction of sp³-hybridized carbons (Fsp3) is 0.417. The minimum absolute atomic E-state index is 0.212. The van der Waals surface area contributed by atoms with Gasteiger partial charge in [0.1, 0.15) is 0 Å². The number of amides is 1. The summed E-state index contributed by atoms with van der Waals surface area (Å²) in [4.78, 5) is 11.9. The first kappa shape index (κ1) is 14.5. The number of nitrogens with two attached hydrogens (primary N) is 1. The van der Waals surface area contributed by atoms with E-state index in [0.29, 0.717) is 10.7 Å². The van der Waals surface area contributed by atoms with E-state index in [1.54, 1.807) is 18.2 Å². The minimum Gasteiger partial charge on any atom is -0.325 e. The lowest BCUT2D eigenvalue weighted by Gasteiger charge is -2.25. The van der Waals surface area contributed by atoms with Crippen molar-refractivity contribution in [2.24, 2.45) is 11.1 Å². The van der Waals surface area contributed by atoms with E-state index in [9.17, 15) is 4.79 Å². The number of hydrogen-bond donors (Lipinski definition) is 2. The Labute approximate surface area is 115 Å². The van der Waals surface area contributed by atoms with Crippen molar-refractivity contribution >= 4 is 39.1 Å². The van der Waals surface area contributed by atoms with E-state index in [2.05, 4.69) is 21.2 Å². The molecule has 0 spiro atoms. The van der Waals surface area contributed by atoms with Crippen LogP contribution in [0.3, 0.4) is 0 Å². The molecule has 0 radical (unpaired) electrons. The number of carbonyl (C=O) groups excluding carboxylic acids is 1. The molecule has 0 bridgehead atoms. The molecule has 0 unspecified atom stereocenters. The fourth-order valence-corrected chi connectivity index (χ4v) is 1.61. The van der Waals surface area contributed by atoms with Gasteiger partial charge in [-0.15, -0.1) is 0 Å². The van der Waals surface area contributed by atoms with Gasteiger partial charge in [-0.3, -0.25) is 4.79 Å². The second kappa shape index (κ2) is 5.38. The lowest BCUT2D eigenvalue weighted by Crippen LogP contribution is -2.45. The molecule has 94 valence electrons. The molecule has 3 N–H and O–H groups in total. The van der Waals surface area contributed by atoms with E-state index in [-0.39, 0.29) is 11.3 Å². The zero-order valence-corrected chi connectivity index (χ0v) is 12.4. The van der Waals surface area contributed by atoms with Gasteiger partial charge in [0.05, 0.1) is 11.1 Å². The summed E-state index contributed by atoms with van der Waals surface area (Å²) in [5.74, 6) is -0.212. The van der Waals surface area contributed by atoms with Crippen LogP contribution in [0.25, 0.3) is 0 Å². The number of carbonyl (C=O) groups is 1. The quantitative estimate of drug-likeness (QED) is 0.877. The van der Waals surface area contributed by atoms with Crippen LogP contribution in [0.4, 0.5) is 5.69 Å². The van der Waals surface area contributed by atoms with E-state index >= 15 is 0 Å². The highest BCUT2D eigenvalue weighted by Crippen LogP contribution is 2.26. The van der Waals surface area contributed by atoms with Crippen LogP contribution in [-0.2, 0) is 4.79 Å². The van der Waals surface area contributed by atoms with Crippen LogP contribution >= 0.6 is 27.5 Å². The van der Waals surface area contributed by atoms with Crippen LogP contribution in [0.2, 0.25) is 5.02 Å². The van der Waals surface area contributed by atoms with E-state index in [1.165, 1.54) is 0 Å². The average Bonchev–Trinajstić information content (AvgIpc) is 2.21. The molecule has 1 rings (SSSR count). The molecule has 0 aromatic heterocycles. The SMILES string of the molecule is CC(C)(C)[C@H](N)C(=O)Nc1ccc(Br)c(Cl)c1. The fourth-order valence-electron chi connectivity index (χ4n) is 1.19. The molecular weight excluding hydrogens is 304 g/mol. The number of halogens is 2. The third-order valence-corrected chi connectivity index (χ3v) is 3.64. The highest BCUT2D eigenvalue weighted by Gasteiger charge is 2.27. The molecule has 5 heteroatoms. The predicted octanol–water partition coefficient (Wildman–Crippen LogP) is 3.41. The molecule has 0 aliphatic heterocycles. The lowest BCUT2D eigenvalue weighted by molar-refractivity contribution is -0.119. The summed E-state index contributed by atoms with van der Waals surface area (Å²) in [7, 11) is 0. The van der Waals surface area contributed by atoms with Crippen LogP contribution < -0.4 is 11.1 Å². The molecule has 1 atom stereocenters. The van der Waals surface area contributed by atoms with Crippen LogP contribution in [0.15, 0.2) is 22.7 Å². The third kappa shape index (κ3) is 3.98. The van der Waals surface area contributed by atoms with E-state index in [1.807, 2.05) is 20.8 Å². The Morgan fingerprint density at radius 2 is 2.06 bits per heavy atom. The highest BCUT2D eigenvalue weighted by molar-refractivity contribution is 9.10. The first-order chi connectivity index (χ1) is 7.71. The van der Waals surface area contributed by atoms with Crippen LogP contribution in [0.1, 0.15) is 20.8 Å². The Hall–Kier alpha value is -0.580. The van der Waals surface area contributed by atoms with Crippen LogP contribution in [-0.4, -0.2) is 11.9 Å². The summed E-state index contributed by atoms with van der Waals surface area (Å²) >= 11 is 9.22. The molecule has 0 aliphatic rings. The topological polar surface area (TPSA) is 55.1 Å². The van der Waals surface area contributed by atoms with Gasteiger partial charge in [-0.25, -0.2) is 0 Å². The molecule has 3 nitrogen and oxygen atoms in total. The minimum atomic E-state index is -0.565. The third-order valence-electron chi connectivity index (χ3n) is 2.40.